The molecule has 0 radical (unpaired) electrons. The summed E-state index contributed by atoms with van der Waals surface area (Å²) in [6.45, 7) is 2.42. The zero-order valence-electron chi connectivity index (χ0n) is 15.1. The summed E-state index contributed by atoms with van der Waals surface area (Å²) in [5.74, 6) is 0.773. The summed E-state index contributed by atoms with van der Waals surface area (Å²) in [4.78, 5) is 2.21. The molecule has 1 fully saturated rings. The van der Waals surface area contributed by atoms with Crippen LogP contribution in [0.4, 0.5) is 0 Å². The Labute approximate surface area is 170 Å². The van der Waals surface area contributed by atoms with Crippen molar-refractivity contribution in [1.82, 2.24) is 4.90 Å². The van der Waals surface area contributed by atoms with Gasteiger partial charge in [-0.3, -0.25) is 0 Å². The molecule has 0 aromatic heterocycles. The Morgan fingerprint density at radius 3 is 2.41 bits per heavy atom. The Kier molecular flexibility index (Phi) is 7.39. The van der Waals surface area contributed by atoms with Crippen LogP contribution in [0, 0.1) is 5.92 Å². The molecule has 0 saturated carbocycles. The molecule has 0 unspecified atom stereocenters. The highest BCUT2D eigenvalue weighted by Crippen LogP contribution is 2.31. The predicted molar refractivity (Wildman–Crippen MR) is 109 cm³/mol. The molecule has 6 heteroatoms. The molecule has 1 saturated heterocycles. The summed E-state index contributed by atoms with van der Waals surface area (Å²) in [5, 5.41) is 21.8. The third kappa shape index (κ3) is 5.84. The second-order valence-electron chi connectivity index (χ2n) is 7.03. The smallest absolute Gasteiger partial charge is 0.138 e. The second kappa shape index (κ2) is 9.76. The van der Waals surface area contributed by atoms with Crippen molar-refractivity contribution in [1.29, 1.82) is 0 Å². The molecule has 1 aliphatic rings. The number of benzene rings is 2. The molecule has 0 spiro atoms. The van der Waals surface area contributed by atoms with Gasteiger partial charge >= 0.3 is 0 Å². The van der Waals surface area contributed by atoms with Crippen LogP contribution in [-0.4, -0.2) is 47.5 Å². The van der Waals surface area contributed by atoms with Crippen molar-refractivity contribution in [2.45, 2.75) is 25.0 Å². The molecule has 4 nitrogen and oxygen atoms in total. The van der Waals surface area contributed by atoms with Crippen LogP contribution in [0.25, 0.3) is 0 Å². The second-order valence-corrected chi connectivity index (χ2v) is 7.88. The summed E-state index contributed by atoms with van der Waals surface area (Å²) >= 11 is 11.9. The van der Waals surface area contributed by atoms with Crippen molar-refractivity contribution in [2.24, 2.45) is 5.92 Å². The van der Waals surface area contributed by atoms with Crippen molar-refractivity contribution in [3.63, 3.8) is 0 Å². The van der Waals surface area contributed by atoms with Crippen LogP contribution in [0.15, 0.2) is 48.5 Å². The number of halogens is 2. The third-order valence-electron chi connectivity index (χ3n) is 5.01. The molecule has 2 aromatic carbocycles. The van der Waals surface area contributed by atoms with Crippen LogP contribution in [0.3, 0.4) is 0 Å². The third-order valence-corrected chi connectivity index (χ3v) is 5.54. The van der Waals surface area contributed by atoms with Gasteiger partial charge in [-0.2, -0.15) is 0 Å². The zero-order valence-corrected chi connectivity index (χ0v) is 16.6. The van der Waals surface area contributed by atoms with Gasteiger partial charge in [0, 0.05) is 11.6 Å². The van der Waals surface area contributed by atoms with Crippen molar-refractivity contribution < 1.29 is 14.9 Å². The van der Waals surface area contributed by atoms with Crippen molar-refractivity contribution >= 4 is 23.2 Å². The number of piperidine rings is 1. The van der Waals surface area contributed by atoms with Gasteiger partial charge in [-0.15, -0.1) is 0 Å². The number of nitrogens with zero attached hydrogens (tertiary/aromatic N) is 1. The molecule has 146 valence electrons. The van der Waals surface area contributed by atoms with Gasteiger partial charge in [0.05, 0.1) is 11.1 Å². The first-order chi connectivity index (χ1) is 13.0. The number of likely N-dealkylation sites (tertiary alicyclic amines) is 1. The zero-order chi connectivity index (χ0) is 19.2. The van der Waals surface area contributed by atoms with Crippen molar-refractivity contribution in [2.75, 3.05) is 26.2 Å². The van der Waals surface area contributed by atoms with E-state index in [0.29, 0.717) is 22.3 Å². The Morgan fingerprint density at radius 2 is 1.74 bits per heavy atom. The Hall–Kier alpha value is -1.30. The van der Waals surface area contributed by atoms with E-state index in [1.165, 1.54) is 0 Å². The normalized spacial score (nSPS) is 18.2. The maximum atomic E-state index is 10.6. The molecule has 0 aliphatic carbocycles. The standard InChI is InChI=1S/C21H25Cl2NO3/c22-17-6-7-20(19(23)12-17)27-14-18(25)13-24-10-8-16(9-11-24)21(26)15-4-2-1-3-5-15/h1-7,12,16,18,21,25-26H,8-11,13-14H2/t18-,21-/m0/s1. The topological polar surface area (TPSA) is 52.9 Å². The van der Waals surface area contributed by atoms with E-state index in [1.54, 1.807) is 18.2 Å². The fourth-order valence-electron chi connectivity index (χ4n) is 3.50. The molecule has 1 heterocycles. The van der Waals surface area contributed by atoms with Gasteiger partial charge in [0.25, 0.3) is 0 Å². The predicted octanol–water partition coefficient (Wildman–Crippen LogP) is 4.18. The molecule has 27 heavy (non-hydrogen) atoms. The van der Waals surface area contributed by atoms with E-state index in [4.69, 9.17) is 27.9 Å². The Balaban J connectivity index is 1.42. The first-order valence-electron chi connectivity index (χ1n) is 9.24. The van der Waals surface area contributed by atoms with Crippen LogP contribution >= 0.6 is 23.2 Å². The largest absolute Gasteiger partial charge is 0.489 e. The highest BCUT2D eigenvalue weighted by molar-refractivity contribution is 6.35. The maximum Gasteiger partial charge on any atom is 0.138 e. The monoisotopic (exact) mass is 409 g/mol. The molecule has 2 aromatic rings. The number of aliphatic hydroxyl groups is 2. The average Bonchev–Trinajstić information content (AvgIpc) is 2.68. The Morgan fingerprint density at radius 1 is 1.04 bits per heavy atom. The van der Waals surface area contributed by atoms with Gasteiger partial charge in [-0.05, 0) is 55.6 Å². The van der Waals surface area contributed by atoms with Crippen LogP contribution in [-0.2, 0) is 0 Å². The minimum atomic E-state index is -0.604. The van der Waals surface area contributed by atoms with E-state index >= 15 is 0 Å². The SMILES string of the molecule is O[C@H](COc1ccc(Cl)cc1Cl)CN1CCC([C@@H](O)c2ccccc2)CC1. The van der Waals surface area contributed by atoms with Crippen molar-refractivity contribution in [3.05, 3.63) is 64.1 Å². The number of rotatable bonds is 7. The lowest BCUT2D eigenvalue weighted by molar-refractivity contribution is 0.0279. The van der Waals surface area contributed by atoms with Gasteiger partial charge in [-0.25, -0.2) is 0 Å². The van der Waals surface area contributed by atoms with Gasteiger partial charge < -0.3 is 19.8 Å². The van der Waals surface area contributed by atoms with Gasteiger partial charge in [-0.1, -0.05) is 53.5 Å². The summed E-state index contributed by atoms with van der Waals surface area (Å²) < 4.78 is 5.61. The lowest BCUT2D eigenvalue weighted by Crippen LogP contribution is -2.41. The lowest BCUT2D eigenvalue weighted by Gasteiger charge is -2.35. The van der Waals surface area contributed by atoms with E-state index in [9.17, 15) is 10.2 Å². The number of aliphatic hydroxyl groups excluding tert-OH is 2. The van der Waals surface area contributed by atoms with Gasteiger partial charge in [0.15, 0.2) is 0 Å². The summed E-state index contributed by atoms with van der Waals surface area (Å²) in [5.41, 5.74) is 0.976. The molecule has 2 N–H and O–H groups in total. The number of hydrogen-bond acceptors (Lipinski definition) is 4. The molecule has 0 amide bonds. The molecular weight excluding hydrogens is 385 g/mol. The quantitative estimate of drug-likeness (QED) is 0.719. The number of ether oxygens (including phenoxy) is 1. The molecule has 2 atom stereocenters. The minimum Gasteiger partial charge on any atom is -0.489 e. The van der Waals surface area contributed by atoms with E-state index < -0.39 is 12.2 Å². The van der Waals surface area contributed by atoms with E-state index in [1.807, 2.05) is 30.3 Å². The summed E-state index contributed by atoms with van der Waals surface area (Å²) in [7, 11) is 0. The minimum absolute atomic E-state index is 0.175. The maximum absolute atomic E-state index is 10.6. The number of hydrogen-bond donors (Lipinski definition) is 2. The van der Waals surface area contributed by atoms with Gasteiger partial charge in [0.2, 0.25) is 0 Å². The van der Waals surface area contributed by atoms with Crippen LogP contribution < -0.4 is 4.74 Å². The van der Waals surface area contributed by atoms with Gasteiger partial charge in [0.1, 0.15) is 18.5 Å². The fraction of sp³-hybridized carbons (Fsp3) is 0.429. The summed E-state index contributed by atoms with van der Waals surface area (Å²) in [6, 6.07) is 14.8. The highest BCUT2D eigenvalue weighted by atomic mass is 35.5. The highest BCUT2D eigenvalue weighted by Gasteiger charge is 2.27. The van der Waals surface area contributed by atoms with Crippen LogP contribution in [0.1, 0.15) is 24.5 Å². The van der Waals surface area contributed by atoms with E-state index in [-0.39, 0.29) is 12.5 Å². The number of β-amino-alcohol motifs (C(OH)–C–C–N with tert-alkyl or cyclic N) is 1. The summed E-state index contributed by atoms with van der Waals surface area (Å²) in [6.07, 6.45) is 0.792. The first kappa shape index (κ1) is 20.4. The first-order valence-corrected chi connectivity index (χ1v) is 10.00. The van der Waals surface area contributed by atoms with Crippen LogP contribution in [0.2, 0.25) is 10.0 Å². The fourth-order valence-corrected chi connectivity index (χ4v) is 3.97. The molecular formula is C21H25Cl2NO3. The van der Waals surface area contributed by atoms with Crippen molar-refractivity contribution in [3.8, 4) is 5.75 Å². The molecule has 3 rings (SSSR count). The van der Waals surface area contributed by atoms with E-state index in [2.05, 4.69) is 4.90 Å². The average molecular weight is 410 g/mol. The van der Waals surface area contributed by atoms with Crippen LogP contribution in [0.5, 0.6) is 5.75 Å². The molecule has 1 aliphatic heterocycles. The van der Waals surface area contributed by atoms with E-state index in [0.717, 1.165) is 31.5 Å². The Bertz CT molecular complexity index is 721. The lowest BCUT2D eigenvalue weighted by atomic mass is 9.87. The molecule has 0 bridgehead atoms.